The van der Waals surface area contributed by atoms with Gasteiger partial charge >= 0.3 is 17.5 Å². The number of aryl methyl sites for hydroxylation is 1. The van der Waals surface area contributed by atoms with E-state index in [4.69, 9.17) is 23.4 Å². The number of ether oxygens (including phenoxy) is 4. The molecule has 2 atom stereocenters. The van der Waals surface area contributed by atoms with E-state index in [1.807, 2.05) is 39.0 Å². The molecule has 4 aliphatic rings. The van der Waals surface area contributed by atoms with E-state index in [1.165, 1.54) is 47.9 Å². The molecule has 564 valence electrons. The molecule has 4 aromatic carbocycles. The standard InChI is InChI=1S/C79H109N11O14/c1-9-11-13-15-18-22-26-68(91)82-55-30-34-59-63(49-55)79(64-50-56(83-69(92)27-23-19-16-14-12-10-2)31-35-60(64)72(59)61-36-32-57(51-65(61)79)84-70(93)28-24-20-17-21-25-39-81-76(98)104-78(3,4)5)38-37-71(94)87(6)40-42-100-44-46-102-47-45-101-43-41-88(7)74(96)67-52-58(85-86-80)53-90(67)73(95)54-29-33-62-66(48-54)89(8)77(99)103-75(62)97/h29-36,48-51,58,67,72H,9-28,37-47,52-53H2,1-8H3,(H,81,98)(H,82,91)(H,83,92)(H,84,93)/t58-,67-,72?,79?/m0/s1. The summed E-state index contributed by atoms with van der Waals surface area (Å²) in [5, 5.41) is 16.4. The van der Waals surface area contributed by atoms with E-state index < -0.39 is 46.5 Å². The number of aromatic nitrogens is 1. The molecule has 25 heteroatoms. The van der Waals surface area contributed by atoms with Gasteiger partial charge in [-0.15, -0.1) is 0 Å². The molecule has 2 heterocycles. The highest BCUT2D eigenvalue weighted by molar-refractivity contribution is 6.01. The number of likely N-dealkylation sites (tertiary alicyclic amines) is 1. The fourth-order valence-corrected chi connectivity index (χ4v) is 14.3. The summed E-state index contributed by atoms with van der Waals surface area (Å²) in [6.45, 7) is 12.2. The van der Waals surface area contributed by atoms with Gasteiger partial charge in [-0.2, -0.15) is 0 Å². The fourth-order valence-electron chi connectivity index (χ4n) is 14.3. The number of nitrogens with zero attached hydrogens (tertiary/aromatic N) is 7. The summed E-state index contributed by atoms with van der Waals surface area (Å²) in [7, 11) is 4.76. The third-order valence-electron chi connectivity index (χ3n) is 19.8. The number of benzene rings is 4. The molecule has 25 nitrogen and oxygen atoms in total. The van der Waals surface area contributed by atoms with E-state index in [0.29, 0.717) is 62.3 Å². The monoisotopic (exact) mass is 1440 g/mol. The lowest BCUT2D eigenvalue weighted by molar-refractivity contribution is -0.134. The molecule has 5 aromatic rings. The van der Waals surface area contributed by atoms with Crippen molar-refractivity contribution in [2.75, 3.05) is 95.9 Å². The Morgan fingerprint density at radius 3 is 1.58 bits per heavy atom. The zero-order chi connectivity index (χ0) is 74.8. The van der Waals surface area contributed by atoms with Crippen LogP contribution in [-0.2, 0) is 55.4 Å². The van der Waals surface area contributed by atoms with Gasteiger partial charge in [-0.05, 0) is 153 Å². The number of amides is 7. The SMILES string of the molecule is CCCCCCCCC(=O)Nc1ccc2c(c1)C1(CCC(=O)N(C)CCOCCOCCOCCN(C)C(=O)[C@@H]3C[C@H](N=[N+]=[N-])CN3C(=O)c3ccc4c(=O)oc(=O)n(C)c4c3)c3cc(NC(=O)CCCCCCCC)ccc3C2c2ccc(NC(=O)CCCCCCCNC(=O)OC(C)(C)C)cc21. The number of nitrogens with one attached hydrogen (secondary N) is 4. The van der Waals surface area contributed by atoms with Crippen LogP contribution in [0.2, 0.25) is 0 Å². The van der Waals surface area contributed by atoms with Crippen LogP contribution in [-0.4, -0.2) is 158 Å². The molecule has 0 spiro atoms. The van der Waals surface area contributed by atoms with Gasteiger partial charge in [-0.1, -0.05) is 121 Å². The first kappa shape index (κ1) is 80.8. The molecule has 1 aliphatic heterocycles. The highest BCUT2D eigenvalue weighted by Crippen LogP contribution is 2.62. The molecular weight excluding hydrogens is 1330 g/mol. The quantitative estimate of drug-likeness (QED) is 0.0122. The minimum Gasteiger partial charge on any atom is -0.444 e. The van der Waals surface area contributed by atoms with Crippen molar-refractivity contribution >= 4 is 69.5 Å². The Kier molecular flexibility index (Phi) is 30.9. The normalized spacial score (nSPS) is 16.2. The second kappa shape index (κ2) is 39.8. The number of hydrogen-bond donors (Lipinski definition) is 4. The number of carbonyl (C=O) groups excluding carboxylic acids is 7. The third-order valence-corrected chi connectivity index (χ3v) is 19.8. The van der Waals surface area contributed by atoms with Crippen LogP contribution >= 0.6 is 0 Å². The van der Waals surface area contributed by atoms with Crippen molar-refractivity contribution in [3.05, 3.63) is 143 Å². The van der Waals surface area contributed by atoms with Crippen LogP contribution in [0.1, 0.15) is 232 Å². The van der Waals surface area contributed by atoms with E-state index in [0.717, 1.165) is 128 Å². The van der Waals surface area contributed by atoms with Crippen molar-refractivity contribution in [3.8, 4) is 0 Å². The summed E-state index contributed by atoms with van der Waals surface area (Å²) in [4.78, 5) is 128. The number of azide groups is 1. The number of likely N-dealkylation sites (N-methyl/N-ethyl adjacent to an activating group) is 2. The minimum absolute atomic E-state index is 0.0114. The largest absolute Gasteiger partial charge is 0.444 e. The smallest absolute Gasteiger partial charge is 0.422 e. The summed E-state index contributed by atoms with van der Waals surface area (Å²) in [6, 6.07) is 21.0. The van der Waals surface area contributed by atoms with E-state index in [-0.39, 0.29) is 117 Å². The van der Waals surface area contributed by atoms with Gasteiger partial charge in [0.15, 0.2) is 0 Å². The zero-order valence-electron chi connectivity index (χ0n) is 62.3. The van der Waals surface area contributed by atoms with Crippen molar-refractivity contribution in [1.29, 1.82) is 0 Å². The van der Waals surface area contributed by atoms with Crippen LogP contribution in [0.5, 0.6) is 0 Å². The Balaban J connectivity index is 0.890. The van der Waals surface area contributed by atoms with Gasteiger partial charge in [0.05, 0.1) is 56.6 Å². The topological polar surface area (TPSA) is 315 Å². The van der Waals surface area contributed by atoms with Crippen molar-refractivity contribution < 1.29 is 56.9 Å². The maximum Gasteiger partial charge on any atom is 0.422 e. The Bertz CT molecular complexity index is 3870. The average Bonchev–Trinajstić information content (AvgIpc) is 0.745. The van der Waals surface area contributed by atoms with Crippen LogP contribution in [0.3, 0.4) is 0 Å². The Labute approximate surface area is 610 Å². The molecule has 0 saturated carbocycles. The summed E-state index contributed by atoms with van der Waals surface area (Å²) >= 11 is 0. The number of carbonyl (C=O) groups is 7. The minimum atomic E-state index is -0.984. The Morgan fingerprint density at radius 1 is 0.615 bits per heavy atom. The van der Waals surface area contributed by atoms with Crippen molar-refractivity contribution in [1.82, 2.24) is 24.6 Å². The lowest BCUT2D eigenvalue weighted by Gasteiger charge is -2.51. The number of fused-ring (bicyclic) bond motifs is 1. The van der Waals surface area contributed by atoms with Crippen LogP contribution in [0, 0.1) is 0 Å². The molecule has 0 unspecified atom stereocenters. The highest BCUT2D eigenvalue weighted by Gasteiger charge is 2.52. The molecule has 2 bridgehead atoms. The molecule has 1 fully saturated rings. The van der Waals surface area contributed by atoms with E-state index >= 15 is 0 Å². The molecule has 1 aromatic heterocycles. The summed E-state index contributed by atoms with van der Waals surface area (Å²) in [5.74, 6) is -2.39. The Morgan fingerprint density at radius 2 is 1.09 bits per heavy atom. The van der Waals surface area contributed by atoms with E-state index in [9.17, 15) is 48.7 Å². The highest BCUT2D eigenvalue weighted by atomic mass is 16.6. The zero-order valence-corrected chi connectivity index (χ0v) is 62.3. The molecular formula is C79H109N11O14. The molecule has 4 N–H and O–H groups in total. The van der Waals surface area contributed by atoms with Crippen LogP contribution < -0.4 is 32.6 Å². The maximum atomic E-state index is 14.7. The first-order valence-electron chi connectivity index (χ1n) is 37.6. The van der Waals surface area contributed by atoms with Gasteiger partial charge in [0, 0.05) is 112 Å². The van der Waals surface area contributed by atoms with Gasteiger partial charge in [-0.3, -0.25) is 33.3 Å². The van der Waals surface area contributed by atoms with Crippen molar-refractivity contribution in [3.63, 3.8) is 0 Å². The average molecular weight is 1440 g/mol. The summed E-state index contributed by atoms with van der Waals surface area (Å²) < 4.78 is 28.8. The van der Waals surface area contributed by atoms with Crippen LogP contribution in [0.15, 0.2) is 91.9 Å². The second-order valence-electron chi connectivity index (χ2n) is 28.8. The number of anilines is 3. The number of hydrogen-bond acceptors (Lipinski definition) is 15. The summed E-state index contributed by atoms with van der Waals surface area (Å²) in [6.07, 6.45) is 18.0. The maximum absolute atomic E-state index is 14.7. The number of rotatable bonds is 43. The van der Waals surface area contributed by atoms with Gasteiger partial charge in [0.25, 0.3) is 5.91 Å². The van der Waals surface area contributed by atoms with E-state index in [1.54, 1.807) is 19.0 Å². The third kappa shape index (κ3) is 22.3. The van der Waals surface area contributed by atoms with Crippen LogP contribution in [0.4, 0.5) is 21.9 Å². The molecule has 1 saturated heterocycles. The van der Waals surface area contributed by atoms with Gasteiger partial charge < -0.3 is 59.3 Å². The number of unbranched alkanes of at least 4 members (excludes halogenated alkanes) is 14. The molecule has 9 rings (SSSR count). The molecule has 104 heavy (non-hydrogen) atoms. The molecule has 3 aliphatic carbocycles. The molecule has 7 amide bonds. The Hall–Kier alpha value is -8.90. The first-order valence-corrected chi connectivity index (χ1v) is 37.6. The number of alkyl carbamates (subject to hydrolysis) is 1. The molecule has 0 radical (unpaired) electrons. The lowest BCUT2D eigenvalue weighted by Crippen LogP contribution is -2.47. The van der Waals surface area contributed by atoms with Crippen LogP contribution in [0.25, 0.3) is 21.3 Å². The first-order chi connectivity index (χ1) is 50.1. The van der Waals surface area contributed by atoms with Crippen molar-refractivity contribution in [2.24, 2.45) is 12.2 Å². The van der Waals surface area contributed by atoms with Gasteiger partial charge in [-0.25, -0.2) is 14.4 Å². The predicted octanol–water partition coefficient (Wildman–Crippen LogP) is 13.2. The second-order valence-corrected chi connectivity index (χ2v) is 28.8. The van der Waals surface area contributed by atoms with Gasteiger partial charge in [0.1, 0.15) is 11.6 Å². The summed E-state index contributed by atoms with van der Waals surface area (Å²) in [5.41, 5.74) is 15.1. The van der Waals surface area contributed by atoms with Crippen molar-refractivity contribution in [2.45, 2.75) is 211 Å². The van der Waals surface area contributed by atoms with E-state index in [2.05, 4.69) is 81.5 Å². The lowest BCUT2D eigenvalue weighted by atomic mass is 9.51. The predicted molar refractivity (Wildman–Crippen MR) is 401 cm³/mol. The van der Waals surface area contributed by atoms with Gasteiger partial charge in [0.2, 0.25) is 29.5 Å². The fraction of sp³-hybridized carbons (Fsp3) is 0.582.